The highest BCUT2D eigenvalue weighted by atomic mass is 16.7. The van der Waals surface area contributed by atoms with Crippen molar-refractivity contribution in [2.75, 3.05) is 0 Å². The van der Waals surface area contributed by atoms with Gasteiger partial charge in [-0.25, -0.2) is 0 Å². The van der Waals surface area contributed by atoms with Gasteiger partial charge >= 0.3 is 7.12 Å². The lowest BCUT2D eigenvalue weighted by atomic mass is 9.60. The summed E-state index contributed by atoms with van der Waals surface area (Å²) in [5.74, 6) is 2.14. The van der Waals surface area contributed by atoms with Crippen molar-refractivity contribution in [3.8, 4) is 0 Å². The Labute approximate surface area is 245 Å². The number of hydrogen-bond acceptors (Lipinski definition) is 6. The van der Waals surface area contributed by atoms with E-state index in [1.807, 2.05) is 45.9 Å². The number of nitrogens with one attached hydrogen (secondary N) is 1. The molecule has 0 radical (unpaired) electrons. The lowest BCUT2D eigenvalue weighted by Crippen LogP contribution is -2.55. The third-order valence-electron chi connectivity index (χ3n) is 11.2. The van der Waals surface area contributed by atoms with Gasteiger partial charge in [-0.1, -0.05) is 38.5 Å². The standard InChI is InChI=1S/C33H48BNO6/c1-19-12-14-24-21(3)27(39-31-30(24)23(19)15-13-20(2)38-31)17-29(36)35-28(34-40-32(4,5)33(6,7)41-34)16-22-18-37-26-11-9-8-10-25(22)26/h8-11,18-21,23-24,27-28,30-31H,12-17H2,1-7H3,(H,35,36)/t19-,20?,21-,23+,24+,27-,28+,30?,31+/m1/s1. The molecule has 6 rings (SSSR count). The van der Waals surface area contributed by atoms with Crippen molar-refractivity contribution in [3.63, 3.8) is 0 Å². The van der Waals surface area contributed by atoms with Crippen molar-refractivity contribution in [2.45, 2.75) is 123 Å². The molecule has 4 heterocycles. The Hall–Kier alpha value is -1.87. The second-order valence-electron chi connectivity index (χ2n) is 14.3. The van der Waals surface area contributed by atoms with E-state index in [2.05, 4.69) is 32.2 Å². The minimum Gasteiger partial charge on any atom is -0.464 e. The molecule has 3 saturated heterocycles. The van der Waals surface area contributed by atoms with Gasteiger partial charge in [0.2, 0.25) is 5.91 Å². The monoisotopic (exact) mass is 565 g/mol. The van der Waals surface area contributed by atoms with Gasteiger partial charge in [0.15, 0.2) is 6.29 Å². The van der Waals surface area contributed by atoms with E-state index >= 15 is 0 Å². The van der Waals surface area contributed by atoms with Crippen molar-refractivity contribution in [1.82, 2.24) is 5.32 Å². The van der Waals surface area contributed by atoms with Gasteiger partial charge in [0.25, 0.3) is 0 Å². The summed E-state index contributed by atoms with van der Waals surface area (Å²) in [5, 5.41) is 4.35. The largest absolute Gasteiger partial charge is 0.482 e. The summed E-state index contributed by atoms with van der Waals surface area (Å²) in [6.07, 6.45) is 7.10. The number of ether oxygens (including phenoxy) is 2. The van der Waals surface area contributed by atoms with E-state index in [1.54, 1.807) is 6.26 Å². The first kappa shape index (κ1) is 29.2. The zero-order chi connectivity index (χ0) is 29.1. The summed E-state index contributed by atoms with van der Waals surface area (Å²) in [7, 11) is -0.585. The third-order valence-corrected chi connectivity index (χ3v) is 11.2. The second kappa shape index (κ2) is 11.0. The van der Waals surface area contributed by atoms with Crippen molar-refractivity contribution in [3.05, 3.63) is 36.1 Å². The van der Waals surface area contributed by atoms with E-state index in [0.29, 0.717) is 42.4 Å². The third kappa shape index (κ3) is 5.50. The van der Waals surface area contributed by atoms with Crippen LogP contribution >= 0.6 is 0 Å². The van der Waals surface area contributed by atoms with Crippen LogP contribution in [-0.4, -0.2) is 48.7 Å². The van der Waals surface area contributed by atoms with Crippen LogP contribution in [-0.2, 0) is 30.0 Å². The Kier molecular flexibility index (Phi) is 7.84. The Bertz CT molecular complexity index is 1230. The fourth-order valence-electron chi connectivity index (χ4n) is 7.94. The lowest BCUT2D eigenvalue weighted by Gasteiger charge is -2.52. The highest BCUT2D eigenvalue weighted by Gasteiger charge is 2.55. The number of hydrogen-bond donors (Lipinski definition) is 1. The first-order valence-electron chi connectivity index (χ1n) is 15.8. The van der Waals surface area contributed by atoms with Crippen LogP contribution in [0, 0.1) is 29.6 Å². The maximum absolute atomic E-state index is 13.8. The minimum atomic E-state index is -0.585. The molecular weight excluding hydrogens is 517 g/mol. The average Bonchev–Trinajstić information content (AvgIpc) is 3.34. The second-order valence-corrected chi connectivity index (χ2v) is 14.3. The van der Waals surface area contributed by atoms with Gasteiger partial charge in [-0.05, 0) is 95.6 Å². The van der Waals surface area contributed by atoms with Crippen molar-refractivity contribution < 1.29 is 28.0 Å². The lowest BCUT2D eigenvalue weighted by molar-refractivity contribution is -0.276. The van der Waals surface area contributed by atoms with Gasteiger partial charge in [0.05, 0.1) is 42.0 Å². The van der Waals surface area contributed by atoms with Crippen LogP contribution < -0.4 is 5.32 Å². The molecule has 1 aromatic carbocycles. The molecule has 7 nitrogen and oxygen atoms in total. The molecule has 1 aromatic heterocycles. The first-order valence-corrected chi connectivity index (χ1v) is 15.8. The van der Waals surface area contributed by atoms with Gasteiger partial charge in [-0.3, -0.25) is 4.79 Å². The summed E-state index contributed by atoms with van der Waals surface area (Å²) in [6, 6.07) is 7.99. The molecule has 2 aromatic rings. The maximum atomic E-state index is 13.8. The zero-order valence-electron chi connectivity index (χ0n) is 25.9. The van der Waals surface area contributed by atoms with Crippen molar-refractivity contribution in [2.24, 2.45) is 29.6 Å². The van der Waals surface area contributed by atoms with Gasteiger partial charge in [0.1, 0.15) is 5.58 Å². The summed E-state index contributed by atoms with van der Waals surface area (Å²) in [5.41, 5.74) is 0.848. The van der Waals surface area contributed by atoms with Gasteiger partial charge in [-0.2, -0.15) is 0 Å². The molecule has 3 aliphatic heterocycles. The van der Waals surface area contributed by atoms with Gasteiger partial charge in [0, 0.05) is 11.3 Å². The Morgan fingerprint density at radius 2 is 1.68 bits per heavy atom. The van der Waals surface area contributed by atoms with Gasteiger partial charge in [-0.15, -0.1) is 0 Å². The molecule has 4 fully saturated rings. The van der Waals surface area contributed by atoms with E-state index < -0.39 is 18.3 Å². The van der Waals surface area contributed by atoms with E-state index in [4.69, 9.17) is 23.2 Å². The molecule has 4 aliphatic rings. The molecular formula is C33H48BNO6. The Morgan fingerprint density at radius 1 is 0.976 bits per heavy atom. The predicted octanol–water partition coefficient (Wildman–Crippen LogP) is 6.32. The molecule has 1 aliphatic carbocycles. The highest BCUT2D eigenvalue weighted by Crippen LogP contribution is 2.52. The Morgan fingerprint density at radius 3 is 2.44 bits per heavy atom. The number of fused-ring (bicyclic) bond motifs is 1. The van der Waals surface area contributed by atoms with Crippen LogP contribution in [0.5, 0.6) is 0 Å². The molecule has 9 atom stereocenters. The molecule has 0 spiro atoms. The molecule has 224 valence electrons. The number of carbonyl (C=O) groups excluding carboxylic acids is 1. The van der Waals surface area contributed by atoms with Crippen LogP contribution in [0.4, 0.5) is 0 Å². The number of carbonyl (C=O) groups is 1. The molecule has 1 amide bonds. The summed E-state index contributed by atoms with van der Waals surface area (Å²) in [6.45, 7) is 15.0. The molecule has 2 unspecified atom stereocenters. The molecule has 41 heavy (non-hydrogen) atoms. The highest BCUT2D eigenvalue weighted by molar-refractivity contribution is 6.48. The minimum absolute atomic E-state index is 0.0461. The SMILES string of the molecule is CC1CC[C@@H]2C3[C@@H](O1)O[C@H](CC(=O)N[C@@H](Cc1coc4ccccc14)B1OC(C)(C)C(C)(C)O1)[C@H](C)[C@@H]3CC[C@H]2C. The first-order chi connectivity index (χ1) is 19.4. The molecule has 1 saturated carbocycles. The van der Waals surface area contributed by atoms with E-state index in [0.717, 1.165) is 23.0 Å². The Balaban J connectivity index is 1.20. The quantitative estimate of drug-likeness (QED) is 0.413. The smallest absolute Gasteiger partial charge is 0.464 e. The number of rotatable bonds is 6. The van der Waals surface area contributed by atoms with Gasteiger partial charge < -0.3 is 28.5 Å². The predicted molar refractivity (Wildman–Crippen MR) is 159 cm³/mol. The van der Waals surface area contributed by atoms with Crippen LogP contribution in [0.2, 0.25) is 0 Å². The van der Waals surface area contributed by atoms with Crippen LogP contribution in [0.1, 0.15) is 86.1 Å². The average molecular weight is 566 g/mol. The van der Waals surface area contributed by atoms with Crippen molar-refractivity contribution >= 4 is 24.0 Å². The normalized spacial score (nSPS) is 36.9. The van der Waals surface area contributed by atoms with Crippen LogP contribution in [0.15, 0.2) is 34.9 Å². The number of amides is 1. The number of para-hydroxylation sites is 1. The molecule has 0 bridgehead atoms. The number of benzene rings is 1. The summed E-state index contributed by atoms with van der Waals surface area (Å²) < 4.78 is 31.9. The van der Waals surface area contributed by atoms with Crippen molar-refractivity contribution in [1.29, 1.82) is 0 Å². The maximum Gasteiger partial charge on any atom is 0.482 e. The fourth-order valence-corrected chi connectivity index (χ4v) is 7.94. The van der Waals surface area contributed by atoms with E-state index in [-0.39, 0.29) is 30.3 Å². The summed E-state index contributed by atoms with van der Waals surface area (Å²) >= 11 is 0. The van der Waals surface area contributed by atoms with E-state index in [9.17, 15) is 4.79 Å². The number of furan rings is 1. The molecule has 8 heteroatoms. The van der Waals surface area contributed by atoms with Crippen LogP contribution in [0.25, 0.3) is 11.0 Å². The van der Waals surface area contributed by atoms with E-state index in [1.165, 1.54) is 19.3 Å². The van der Waals surface area contributed by atoms with Crippen LogP contribution in [0.3, 0.4) is 0 Å². The summed E-state index contributed by atoms with van der Waals surface area (Å²) in [4.78, 5) is 13.8. The zero-order valence-corrected chi connectivity index (χ0v) is 25.9. The fraction of sp³-hybridized carbons (Fsp3) is 0.727. The molecule has 1 N–H and O–H groups in total. The topological polar surface area (TPSA) is 79.2 Å².